The molecule has 0 aliphatic carbocycles. The number of carbonyl (C=O) groups is 2. The Hall–Kier alpha value is -3.64. The molecule has 0 bridgehead atoms. The van der Waals surface area contributed by atoms with E-state index >= 15 is 0 Å². The first-order chi connectivity index (χ1) is 17.1. The lowest BCUT2D eigenvalue weighted by Gasteiger charge is -2.37. The van der Waals surface area contributed by atoms with Gasteiger partial charge in [-0.15, -0.1) is 0 Å². The summed E-state index contributed by atoms with van der Waals surface area (Å²) in [4.78, 5) is 33.6. The molecule has 0 unspecified atom stereocenters. The Morgan fingerprint density at radius 1 is 1.36 bits per heavy atom. The second-order valence-corrected chi connectivity index (χ2v) is 9.44. The van der Waals surface area contributed by atoms with Gasteiger partial charge in [-0.25, -0.2) is 14.2 Å². The molecular formula is C27H33FN4O4. The molecule has 9 heteroatoms. The van der Waals surface area contributed by atoms with Gasteiger partial charge < -0.3 is 25.0 Å². The van der Waals surface area contributed by atoms with Gasteiger partial charge in [0.15, 0.2) is 0 Å². The van der Waals surface area contributed by atoms with Crippen molar-refractivity contribution in [3.8, 4) is 17.7 Å². The van der Waals surface area contributed by atoms with Gasteiger partial charge in [-0.05, 0) is 31.2 Å². The Morgan fingerprint density at radius 2 is 2.11 bits per heavy atom. The molecular weight excluding hydrogens is 463 g/mol. The monoisotopic (exact) mass is 496 g/mol. The molecule has 192 valence electrons. The standard InChI is InChI=1S/C27H33FN4O4/c1-17(2)9-10-20-11-23-25(29-13-20)36-24(18(3)14-32(26(23)34)19(4)16-33)15-31(5)27(35)30-22-8-6-7-21(28)12-22/h6-8,11-13,17-19,24,33H,14-16H2,1-5H3,(H,30,35)/t18-,19-,24+/m1/s1. The maximum atomic E-state index is 13.5. The number of ether oxygens (including phenoxy) is 1. The number of likely N-dealkylation sites (N-methyl/N-ethyl adjacent to an activating group) is 1. The minimum atomic E-state index is -0.506. The Labute approximate surface area is 211 Å². The first-order valence-electron chi connectivity index (χ1n) is 12.0. The average Bonchev–Trinajstić information content (AvgIpc) is 2.84. The molecule has 3 amide bonds. The van der Waals surface area contributed by atoms with Crippen LogP contribution in [0.2, 0.25) is 0 Å². The van der Waals surface area contributed by atoms with Crippen LogP contribution in [0.1, 0.15) is 43.6 Å². The lowest BCUT2D eigenvalue weighted by atomic mass is 10.00. The van der Waals surface area contributed by atoms with Gasteiger partial charge in [0.1, 0.15) is 17.5 Å². The number of rotatable bonds is 5. The van der Waals surface area contributed by atoms with Gasteiger partial charge in [0.2, 0.25) is 5.88 Å². The summed E-state index contributed by atoms with van der Waals surface area (Å²) >= 11 is 0. The van der Waals surface area contributed by atoms with E-state index in [1.807, 2.05) is 20.8 Å². The van der Waals surface area contributed by atoms with Crippen LogP contribution in [-0.2, 0) is 0 Å². The molecule has 1 aromatic carbocycles. The van der Waals surface area contributed by atoms with Crippen LogP contribution in [0.15, 0.2) is 36.5 Å². The van der Waals surface area contributed by atoms with Crippen molar-refractivity contribution in [2.75, 3.05) is 32.1 Å². The van der Waals surface area contributed by atoms with Crippen molar-refractivity contribution in [2.24, 2.45) is 11.8 Å². The fourth-order valence-electron chi connectivity index (χ4n) is 3.75. The van der Waals surface area contributed by atoms with Crippen LogP contribution >= 0.6 is 0 Å². The number of benzene rings is 1. The van der Waals surface area contributed by atoms with E-state index in [4.69, 9.17) is 4.74 Å². The molecule has 2 N–H and O–H groups in total. The fraction of sp³-hybridized carbons (Fsp3) is 0.444. The quantitative estimate of drug-likeness (QED) is 0.617. The molecule has 0 radical (unpaired) electrons. The zero-order valence-corrected chi connectivity index (χ0v) is 21.3. The molecule has 3 rings (SSSR count). The second-order valence-electron chi connectivity index (χ2n) is 9.44. The fourth-order valence-corrected chi connectivity index (χ4v) is 3.75. The van der Waals surface area contributed by atoms with Gasteiger partial charge >= 0.3 is 6.03 Å². The van der Waals surface area contributed by atoms with E-state index in [9.17, 15) is 19.1 Å². The molecule has 0 fully saturated rings. The third kappa shape index (κ3) is 6.73. The Kier molecular flexibility index (Phi) is 8.88. The van der Waals surface area contributed by atoms with E-state index < -0.39 is 24.0 Å². The highest BCUT2D eigenvalue weighted by atomic mass is 19.1. The van der Waals surface area contributed by atoms with Crippen LogP contribution in [0.3, 0.4) is 0 Å². The third-order valence-electron chi connectivity index (χ3n) is 5.90. The summed E-state index contributed by atoms with van der Waals surface area (Å²) in [5.41, 5.74) is 1.19. The van der Waals surface area contributed by atoms with Crippen LogP contribution in [-0.4, -0.2) is 70.7 Å². The zero-order chi connectivity index (χ0) is 26.4. The number of anilines is 1. The maximum Gasteiger partial charge on any atom is 0.321 e. The largest absolute Gasteiger partial charge is 0.472 e. The van der Waals surface area contributed by atoms with Crippen molar-refractivity contribution in [1.29, 1.82) is 0 Å². The summed E-state index contributed by atoms with van der Waals surface area (Å²) < 4.78 is 19.7. The number of halogens is 1. The number of carbonyl (C=O) groups excluding carboxylic acids is 2. The number of nitrogens with one attached hydrogen (secondary N) is 1. The number of fused-ring (bicyclic) bond motifs is 1. The summed E-state index contributed by atoms with van der Waals surface area (Å²) in [5.74, 6) is 5.46. The number of aromatic nitrogens is 1. The van der Waals surface area contributed by atoms with Crippen LogP contribution < -0.4 is 10.1 Å². The van der Waals surface area contributed by atoms with Gasteiger partial charge in [-0.2, -0.15) is 0 Å². The Morgan fingerprint density at radius 3 is 2.78 bits per heavy atom. The van der Waals surface area contributed by atoms with Crippen LogP contribution in [0.25, 0.3) is 0 Å². The normalized spacial score (nSPS) is 18.2. The lowest BCUT2D eigenvalue weighted by Crippen LogP contribution is -2.50. The zero-order valence-electron chi connectivity index (χ0n) is 21.3. The highest BCUT2D eigenvalue weighted by Gasteiger charge is 2.34. The minimum absolute atomic E-state index is 0.153. The molecule has 3 atom stereocenters. The smallest absolute Gasteiger partial charge is 0.321 e. The molecule has 2 heterocycles. The summed E-state index contributed by atoms with van der Waals surface area (Å²) in [6, 6.07) is 6.46. The van der Waals surface area contributed by atoms with Gasteiger partial charge in [0.05, 0.1) is 19.2 Å². The van der Waals surface area contributed by atoms with Gasteiger partial charge in [-0.1, -0.05) is 38.7 Å². The highest BCUT2D eigenvalue weighted by molar-refractivity contribution is 5.97. The number of hydrogen-bond acceptors (Lipinski definition) is 5. The highest BCUT2D eigenvalue weighted by Crippen LogP contribution is 2.27. The van der Waals surface area contributed by atoms with Crippen molar-refractivity contribution in [2.45, 2.75) is 39.8 Å². The van der Waals surface area contributed by atoms with Gasteiger partial charge in [-0.3, -0.25) is 4.79 Å². The number of nitrogens with zero attached hydrogens (tertiary/aromatic N) is 3. The van der Waals surface area contributed by atoms with E-state index in [0.29, 0.717) is 17.8 Å². The van der Waals surface area contributed by atoms with Crippen molar-refractivity contribution in [3.63, 3.8) is 0 Å². The van der Waals surface area contributed by atoms with Crippen LogP contribution in [0.5, 0.6) is 5.88 Å². The van der Waals surface area contributed by atoms with Crippen LogP contribution in [0, 0.1) is 29.5 Å². The minimum Gasteiger partial charge on any atom is -0.472 e. The van der Waals surface area contributed by atoms with Crippen molar-refractivity contribution < 1.29 is 23.8 Å². The Balaban J connectivity index is 1.88. The van der Waals surface area contributed by atoms with E-state index in [0.717, 1.165) is 0 Å². The predicted octanol–water partition coefficient (Wildman–Crippen LogP) is 3.61. The molecule has 1 aromatic heterocycles. The third-order valence-corrected chi connectivity index (χ3v) is 5.90. The number of pyridine rings is 1. The van der Waals surface area contributed by atoms with Crippen molar-refractivity contribution >= 4 is 17.6 Å². The number of urea groups is 1. The molecule has 8 nitrogen and oxygen atoms in total. The summed E-state index contributed by atoms with van der Waals surface area (Å²) in [5, 5.41) is 12.5. The molecule has 0 spiro atoms. The summed E-state index contributed by atoms with van der Waals surface area (Å²) in [7, 11) is 1.61. The number of aliphatic hydroxyl groups is 1. The van der Waals surface area contributed by atoms with E-state index in [2.05, 4.69) is 22.1 Å². The molecule has 1 aliphatic rings. The molecule has 0 saturated heterocycles. The van der Waals surface area contributed by atoms with Gasteiger partial charge in [0, 0.05) is 42.9 Å². The topological polar surface area (TPSA) is 95.0 Å². The number of aliphatic hydroxyl groups excluding tert-OH is 1. The molecule has 36 heavy (non-hydrogen) atoms. The van der Waals surface area contributed by atoms with E-state index in [1.165, 1.54) is 23.1 Å². The van der Waals surface area contributed by atoms with Crippen LogP contribution in [0.4, 0.5) is 14.9 Å². The second kappa shape index (κ2) is 11.9. The number of hydrogen-bond donors (Lipinski definition) is 2. The SMILES string of the molecule is CC(C)C#Cc1cnc2c(c1)C(=O)N([C@H](C)CO)C[C@@H](C)[C@H](CN(C)C(=O)Nc1cccc(F)c1)O2. The first kappa shape index (κ1) is 27.0. The molecule has 2 aromatic rings. The molecule has 1 aliphatic heterocycles. The van der Waals surface area contributed by atoms with Crippen molar-refractivity contribution in [1.82, 2.24) is 14.8 Å². The van der Waals surface area contributed by atoms with Crippen molar-refractivity contribution in [3.05, 3.63) is 53.5 Å². The van der Waals surface area contributed by atoms with E-state index in [1.54, 1.807) is 37.2 Å². The summed E-state index contributed by atoms with van der Waals surface area (Å²) in [6.45, 7) is 7.94. The maximum absolute atomic E-state index is 13.5. The Bertz CT molecular complexity index is 1160. The molecule has 0 saturated carbocycles. The average molecular weight is 497 g/mol. The summed E-state index contributed by atoms with van der Waals surface area (Å²) in [6.07, 6.45) is 1.05. The first-order valence-corrected chi connectivity index (χ1v) is 12.0. The lowest BCUT2D eigenvalue weighted by molar-refractivity contribution is 0.0356. The predicted molar refractivity (Wildman–Crippen MR) is 135 cm³/mol. The number of amides is 3. The van der Waals surface area contributed by atoms with Gasteiger partial charge in [0.25, 0.3) is 5.91 Å². The van der Waals surface area contributed by atoms with E-state index in [-0.39, 0.29) is 42.3 Å².